The Hall–Kier alpha value is -1.72. The Labute approximate surface area is 76.3 Å². The summed E-state index contributed by atoms with van der Waals surface area (Å²) >= 11 is 0. The topological polar surface area (TPSA) is 95.2 Å². The van der Waals surface area contributed by atoms with Gasteiger partial charge in [0.25, 0.3) is 5.69 Å². The van der Waals surface area contributed by atoms with Crippen molar-refractivity contribution in [3.8, 4) is 0 Å². The first-order chi connectivity index (χ1) is 5.95. The maximum Gasteiger partial charge on any atom is 0.291 e. The molecule has 0 saturated carbocycles. The lowest BCUT2D eigenvalue weighted by Crippen LogP contribution is -2.14. The Morgan fingerprint density at radius 3 is 2.46 bits per heavy atom. The Balaban J connectivity index is 3.50. The molecular formula is C7H8BN3O2. The Morgan fingerprint density at radius 1 is 1.46 bits per heavy atom. The van der Waals surface area contributed by atoms with Gasteiger partial charge in [-0.2, -0.15) is 0 Å². The number of nitrogen functional groups attached to an aromatic ring is 2. The van der Waals surface area contributed by atoms with Crippen LogP contribution in [0.1, 0.15) is 5.56 Å². The molecule has 0 aliphatic carbocycles. The lowest BCUT2D eigenvalue weighted by molar-refractivity contribution is -0.383. The fourth-order valence-corrected chi connectivity index (χ4v) is 1.01. The molecule has 0 unspecified atom stereocenters. The first kappa shape index (κ1) is 9.37. The van der Waals surface area contributed by atoms with Gasteiger partial charge in [0.15, 0.2) is 0 Å². The second-order valence-corrected chi connectivity index (χ2v) is 2.69. The smallest absolute Gasteiger partial charge is 0.291 e. The summed E-state index contributed by atoms with van der Waals surface area (Å²) in [5.41, 5.74) is 11.8. The minimum absolute atomic E-state index is 0.0664. The fraction of sp³-hybridized carbons (Fsp3) is 0.143. The number of nitrogens with zero attached hydrogens (tertiary/aromatic N) is 1. The molecule has 1 aromatic carbocycles. The summed E-state index contributed by atoms with van der Waals surface area (Å²) in [6, 6.07) is 1.16. The average molecular weight is 177 g/mol. The summed E-state index contributed by atoms with van der Waals surface area (Å²) in [5.74, 6) is 0. The number of benzene rings is 1. The summed E-state index contributed by atoms with van der Waals surface area (Å²) in [7, 11) is 5.44. The summed E-state index contributed by atoms with van der Waals surface area (Å²) in [6.45, 7) is 1.59. The largest absolute Gasteiger partial charge is 0.399 e. The molecule has 0 heterocycles. The fourth-order valence-electron chi connectivity index (χ4n) is 1.01. The van der Waals surface area contributed by atoms with E-state index in [0.717, 1.165) is 6.07 Å². The highest BCUT2D eigenvalue weighted by Gasteiger charge is 2.16. The molecule has 0 aliphatic heterocycles. The Bertz CT molecular complexity index is 378. The molecule has 0 spiro atoms. The lowest BCUT2D eigenvalue weighted by atomic mass is 9.90. The van der Waals surface area contributed by atoms with E-state index in [-0.39, 0.29) is 16.8 Å². The van der Waals surface area contributed by atoms with Crippen molar-refractivity contribution in [3.63, 3.8) is 0 Å². The van der Waals surface area contributed by atoms with E-state index in [1.54, 1.807) is 6.92 Å². The SMILES string of the molecule is [B]c1cc([N+](=O)[O-])c(N)c(C)c1N. The van der Waals surface area contributed by atoms with E-state index >= 15 is 0 Å². The van der Waals surface area contributed by atoms with Gasteiger partial charge in [-0.15, -0.1) is 0 Å². The number of rotatable bonds is 1. The average Bonchev–Trinajstić information content (AvgIpc) is 2.07. The van der Waals surface area contributed by atoms with Crippen LogP contribution in [0.4, 0.5) is 17.1 Å². The maximum atomic E-state index is 10.5. The van der Waals surface area contributed by atoms with Crippen molar-refractivity contribution >= 4 is 30.4 Å². The number of hydrogen-bond acceptors (Lipinski definition) is 4. The van der Waals surface area contributed by atoms with Crippen LogP contribution >= 0.6 is 0 Å². The molecule has 0 fully saturated rings. The van der Waals surface area contributed by atoms with E-state index in [4.69, 9.17) is 19.3 Å². The van der Waals surface area contributed by atoms with E-state index in [2.05, 4.69) is 0 Å². The summed E-state index contributed by atoms with van der Waals surface area (Å²) in [5, 5.41) is 10.5. The minimum atomic E-state index is -0.585. The normalized spacial score (nSPS) is 9.92. The zero-order chi connectivity index (χ0) is 10.2. The molecule has 0 bridgehead atoms. The zero-order valence-corrected chi connectivity index (χ0v) is 7.07. The summed E-state index contributed by atoms with van der Waals surface area (Å²) in [6.07, 6.45) is 0. The predicted octanol–water partition coefficient (Wildman–Crippen LogP) is -0.139. The molecule has 1 aromatic rings. The number of nitro groups is 1. The van der Waals surface area contributed by atoms with Crippen LogP contribution in [0.15, 0.2) is 6.07 Å². The van der Waals surface area contributed by atoms with Crippen LogP contribution < -0.4 is 16.9 Å². The number of nitrogens with two attached hydrogens (primary N) is 2. The van der Waals surface area contributed by atoms with Crippen molar-refractivity contribution in [2.75, 3.05) is 11.5 Å². The third kappa shape index (κ3) is 1.42. The van der Waals surface area contributed by atoms with Gasteiger partial charge in [0.1, 0.15) is 13.5 Å². The third-order valence-electron chi connectivity index (χ3n) is 1.88. The molecule has 66 valence electrons. The van der Waals surface area contributed by atoms with E-state index in [0.29, 0.717) is 11.3 Å². The number of anilines is 2. The summed E-state index contributed by atoms with van der Waals surface area (Å²) in [4.78, 5) is 9.88. The van der Waals surface area contributed by atoms with Crippen molar-refractivity contribution in [2.24, 2.45) is 0 Å². The van der Waals surface area contributed by atoms with Crippen LogP contribution in [-0.2, 0) is 0 Å². The van der Waals surface area contributed by atoms with Crippen molar-refractivity contribution in [3.05, 3.63) is 21.7 Å². The highest BCUT2D eigenvalue weighted by molar-refractivity contribution is 6.36. The monoisotopic (exact) mass is 177 g/mol. The molecule has 0 atom stereocenters. The van der Waals surface area contributed by atoms with Crippen molar-refractivity contribution in [1.82, 2.24) is 0 Å². The summed E-state index contributed by atoms with van der Waals surface area (Å²) < 4.78 is 0. The molecular weight excluding hydrogens is 169 g/mol. The molecule has 2 radical (unpaired) electrons. The van der Waals surface area contributed by atoms with Gasteiger partial charge in [-0.3, -0.25) is 10.1 Å². The quantitative estimate of drug-likeness (QED) is 0.270. The second-order valence-electron chi connectivity index (χ2n) is 2.69. The van der Waals surface area contributed by atoms with E-state index in [9.17, 15) is 10.1 Å². The molecule has 0 saturated heterocycles. The van der Waals surface area contributed by atoms with Gasteiger partial charge in [-0.05, 0) is 6.92 Å². The van der Waals surface area contributed by atoms with Crippen LogP contribution in [0, 0.1) is 17.0 Å². The molecule has 5 nitrogen and oxygen atoms in total. The maximum absolute atomic E-state index is 10.5. The molecule has 0 aromatic heterocycles. The first-order valence-corrected chi connectivity index (χ1v) is 3.53. The molecule has 13 heavy (non-hydrogen) atoms. The molecule has 1 rings (SSSR count). The van der Waals surface area contributed by atoms with Crippen LogP contribution in [0.5, 0.6) is 0 Å². The Morgan fingerprint density at radius 2 is 2.00 bits per heavy atom. The molecule has 0 amide bonds. The van der Waals surface area contributed by atoms with E-state index in [1.807, 2.05) is 0 Å². The predicted molar refractivity (Wildman–Crippen MR) is 52.0 cm³/mol. The van der Waals surface area contributed by atoms with Crippen LogP contribution in [0.3, 0.4) is 0 Å². The number of hydrogen-bond donors (Lipinski definition) is 2. The highest BCUT2D eigenvalue weighted by atomic mass is 16.6. The van der Waals surface area contributed by atoms with E-state index in [1.165, 1.54) is 0 Å². The first-order valence-electron chi connectivity index (χ1n) is 3.53. The van der Waals surface area contributed by atoms with Crippen molar-refractivity contribution < 1.29 is 4.92 Å². The van der Waals surface area contributed by atoms with Gasteiger partial charge in [0.2, 0.25) is 0 Å². The van der Waals surface area contributed by atoms with Crippen LogP contribution in [0.2, 0.25) is 0 Å². The minimum Gasteiger partial charge on any atom is -0.399 e. The molecule has 4 N–H and O–H groups in total. The van der Waals surface area contributed by atoms with Gasteiger partial charge in [-0.25, -0.2) is 0 Å². The van der Waals surface area contributed by atoms with Gasteiger partial charge in [0, 0.05) is 17.3 Å². The van der Waals surface area contributed by atoms with Gasteiger partial charge in [0.05, 0.1) is 4.92 Å². The second kappa shape index (κ2) is 2.97. The standard InChI is InChI=1S/C7H8BN3O2/c1-3-6(9)4(8)2-5(7(3)10)11(12)13/h2H,9-10H2,1H3. The van der Waals surface area contributed by atoms with Gasteiger partial charge >= 0.3 is 0 Å². The molecule has 0 aliphatic rings. The molecule has 6 heteroatoms. The highest BCUT2D eigenvalue weighted by Crippen LogP contribution is 2.26. The number of nitro benzene ring substituents is 1. The zero-order valence-electron chi connectivity index (χ0n) is 7.07. The van der Waals surface area contributed by atoms with E-state index < -0.39 is 4.92 Å². The van der Waals surface area contributed by atoms with Crippen molar-refractivity contribution in [1.29, 1.82) is 0 Å². The van der Waals surface area contributed by atoms with Gasteiger partial charge < -0.3 is 11.5 Å². The Kier molecular flexibility index (Phi) is 2.14. The van der Waals surface area contributed by atoms with Crippen molar-refractivity contribution in [2.45, 2.75) is 6.92 Å². The lowest BCUT2D eigenvalue weighted by Gasteiger charge is -2.07. The van der Waals surface area contributed by atoms with Crippen LogP contribution in [0.25, 0.3) is 0 Å². The van der Waals surface area contributed by atoms with Gasteiger partial charge in [-0.1, -0.05) is 5.46 Å². The van der Waals surface area contributed by atoms with Crippen LogP contribution in [-0.4, -0.2) is 12.8 Å². The third-order valence-corrected chi connectivity index (χ3v) is 1.88.